The molecule has 228 valence electrons. The number of ether oxygens (including phenoxy) is 1. The van der Waals surface area contributed by atoms with Crippen LogP contribution >= 0.6 is 29.8 Å². The van der Waals surface area contributed by atoms with E-state index in [1.165, 1.54) is 15.9 Å². The lowest BCUT2D eigenvalue weighted by Gasteiger charge is -2.26. The Morgan fingerprint density at radius 2 is 1.39 bits per heavy atom. The lowest BCUT2D eigenvalue weighted by atomic mass is 10.2. The number of hydrogen-bond donors (Lipinski definition) is 1. The summed E-state index contributed by atoms with van der Waals surface area (Å²) in [6.45, 7) is 8.34. The highest BCUT2D eigenvalue weighted by molar-refractivity contribution is 8.32. The van der Waals surface area contributed by atoms with E-state index in [0.717, 1.165) is 39.7 Å². The minimum atomic E-state index is -2.27. The molecule has 0 spiro atoms. The van der Waals surface area contributed by atoms with Crippen LogP contribution in [0, 0.1) is 0 Å². The number of hydrogen-bond acceptors (Lipinski definition) is 3. The Morgan fingerprint density at radius 1 is 0.841 bits per heavy atom. The Kier molecular flexibility index (Phi) is 10.5. The molecule has 5 aromatic rings. The van der Waals surface area contributed by atoms with Crippen molar-refractivity contribution in [3.05, 3.63) is 131 Å². The van der Waals surface area contributed by atoms with Gasteiger partial charge in [0.25, 0.3) is 0 Å². The highest BCUT2D eigenvalue weighted by Crippen LogP contribution is 2.66. The third-order valence-electron chi connectivity index (χ3n) is 7.83. The summed E-state index contributed by atoms with van der Waals surface area (Å²) in [5.74, 6) is 0. The Morgan fingerprint density at radius 3 is 1.91 bits per heavy atom. The molecule has 0 radical (unpaired) electrons. The van der Waals surface area contributed by atoms with Gasteiger partial charge >= 0.3 is 0 Å². The number of thiol groups is 1. The molecule has 0 saturated heterocycles. The van der Waals surface area contributed by atoms with Crippen LogP contribution in [0.2, 0.25) is 30.7 Å². The minimum absolute atomic E-state index is 0. The number of nitrogens with zero attached hydrogens (tertiary/aromatic N) is 3. The molecule has 3 aromatic carbocycles. The number of rotatable bonds is 10. The number of benzene rings is 3. The van der Waals surface area contributed by atoms with Crippen molar-refractivity contribution in [3.8, 4) is 0 Å². The van der Waals surface area contributed by atoms with Gasteiger partial charge in [0, 0.05) is 43.4 Å². The molecule has 4 nitrogen and oxygen atoms in total. The van der Waals surface area contributed by atoms with Crippen molar-refractivity contribution in [1.82, 2.24) is 9.55 Å². The zero-order valence-electron chi connectivity index (χ0n) is 25.5. The van der Waals surface area contributed by atoms with Gasteiger partial charge in [-0.25, -0.2) is 9.98 Å². The molecule has 1 atom stereocenters. The number of pyridine rings is 1. The zero-order chi connectivity index (χ0) is 30.0. The van der Waals surface area contributed by atoms with E-state index in [2.05, 4.69) is 122 Å². The molecule has 3 heterocycles. The largest absolute Gasteiger partial charge is 1.00 e. The summed E-state index contributed by atoms with van der Waals surface area (Å²) in [4.78, 5) is 10.4. The molecule has 0 bridgehead atoms. The predicted molar refractivity (Wildman–Crippen MR) is 194 cm³/mol. The fourth-order valence-electron chi connectivity index (χ4n) is 5.57. The van der Waals surface area contributed by atoms with Crippen molar-refractivity contribution in [2.24, 2.45) is 4.99 Å². The van der Waals surface area contributed by atoms with Crippen LogP contribution in [-0.2, 0) is 11.5 Å². The second-order valence-corrected chi connectivity index (χ2v) is 23.3. The molecular formula is C35H38ClIN3OPSSi. The van der Waals surface area contributed by atoms with E-state index in [1.54, 1.807) is 0 Å². The maximum atomic E-state index is 7.16. The lowest BCUT2D eigenvalue weighted by Crippen LogP contribution is -3.00. The fraction of sp³-hybridized carbons (Fsp3) is 0.200. The van der Waals surface area contributed by atoms with E-state index in [4.69, 9.17) is 26.3 Å². The molecule has 0 aliphatic carbocycles. The molecule has 2 aromatic heterocycles. The van der Waals surface area contributed by atoms with Crippen LogP contribution in [0.15, 0.2) is 125 Å². The van der Waals surface area contributed by atoms with Gasteiger partial charge in [0.1, 0.15) is 28.3 Å². The van der Waals surface area contributed by atoms with Gasteiger partial charge in [-0.15, -0.1) is 0 Å². The lowest BCUT2D eigenvalue weighted by molar-refractivity contribution is -0.00000982. The van der Waals surface area contributed by atoms with Crippen molar-refractivity contribution in [2.75, 3.05) is 12.9 Å². The molecule has 0 saturated carbocycles. The molecule has 1 unspecified atom stereocenters. The van der Waals surface area contributed by atoms with Crippen molar-refractivity contribution in [3.63, 3.8) is 0 Å². The maximum Gasteiger partial charge on any atom is 0.204 e. The van der Waals surface area contributed by atoms with Crippen LogP contribution in [0.25, 0.3) is 11.0 Å². The molecule has 0 fully saturated rings. The van der Waals surface area contributed by atoms with Gasteiger partial charge in [-0.2, -0.15) is 10.9 Å². The molecule has 6 rings (SSSR count). The number of aliphatic imine (C=N–C) groups is 1. The summed E-state index contributed by atoms with van der Waals surface area (Å²) in [5, 5.41) is 8.94. The Labute approximate surface area is 287 Å². The smallest absolute Gasteiger partial charge is 0.204 e. The molecule has 9 heteroatoms. The van der Waals surface area contributed by atoms with Gasteiger partial charge < -0.3 is 33.3 Å². The average molecular weight is 770 g/mol. The SMILES string of the molecule is C[SH]1C=C([P+](c2ccccc2)(c2ccccc2)c2ccccc2)N=C1c1cnc2c(ccn2COCC[Si](C)(C)C)c1Cl.[I-]. The van der Waals surface area contributed by atoms with Crippen LogP contribution in [0.5, 0.6) is 0 Å². The van der Waals surface area contributed by atoms with Gasteiger partial charge in [0.05, 0.1) is 10.1 Å². The first-order valence-electron chi connectivity index (χ1n) is 14.6. The minimum Gasteiger partial charge on any atom is -1.00 e. The summed E-state index contributed by atoms with van der Waals surface area (Å²) < 4.78 is 8.06. The van der Waals surface area contributed by atoms with E-state index in [9.17, 15) is 0 Å². The van der Waals surface area contributed by atoms with Crippen molar-refractivity contribution < 1.29 is 28.7 Å². The van der Waals surface area contributed by atoms with Crippen LogP contribution in [0.1, 0.15) is 5.56 Å². The third kappa shape index (κ3) is 6.51. The Hall–Kier alpha value is -2.26. The van der Waals surface area contributed by atoms with Crippen molar-refractivity contribution in [1.29, 1.82) is 0 Å². The standard InChI is InChI=1S/C35H38ClN3OPSSi.HI/c1-42-25-32(41(27-14-8-5-9-15-27,28-16-10-6-11-17-28)29-18-12-7-13-19-29)38-35(42)31-24-37-34-30(33(31)36)20-21-39(34)26-40-22-23-43(2,3)4;/h5-21,24-25,42H,22-23,26H2,1-4H3;1H/q+1;/p-1. The topological polar surface area (TPSA) is 39.4 Å². The normalized spacial score (nSPS) is 16.0. The zero-order valence-corrected chi connectivity index (χ0v) is 31.2. The van der Waals surface area contributed by atoms with Gasteiger partial charge in [-0.05, 0) is 54.8 Å². The average Bonchev–Trinajstić information content (AvgIpc) is 3.61. The van der Waals surface area contributed by atoms with Gasteiger partial charge in [0.15, 0.2) is 7.26 Å². The number of halogens is 2. The molecule has 1 aliphatic rings. The summed E-state index contributed by atoms with van der Waals surface area (Å²) in [6, 6.07) is 35.8. The molecule has 44 heavy (non-hydrogen) atoms. The highest BCUT2D eigenvalue weighted by Gasteiger charge is 2.51. The van der Waals surface area contributed by atoms with Crippen LogP contribution in [0.3, 0.4) is 0 Å². The second kappa shape index (κ2) is 14.0. The summed E-state index contributed by atoms with van der Waals surface area (Å²) in [6.07, 6.45) is 6.20. The van der Waals surface area contributed by atoms with Crippen LogP contribution < -0.4 is 39.9 Å². The van der Waals surface area contributed by atoms with Gasteiger partial charge in [-0.1, -0.05) is 85.8 Å². The fourth-order valence-corrected chi connectivity index (χ4v) is 13.1. The van der Waals surface area contributed by atoms with E-state index in [-0.39, 0.29) is 24.0 Å². The molecule has 0 amide bonds. The van der Waals surface area contributed by atoms with E-state index < -0.39 is 26.2 Å². The Bertz CT molecular complexity index is 1700. The Balaban J connectivity index is 0.00000384. The van der Waals surface area contributed by atoms with E-state index in [0.29, 0.717) is 11.8 Å². The van der Waals surface area contributed by atoms with Crippen molar-refractivity contribution >= 4 is 69.8 Å². The number of aromatic nitrogens is 2. The predicted octanol–water partition coefficient (Wildman–Crippen LogP) is 5.19. The molecule has 0 N–H and O–H groups in total. The van der Waals surface area contributed by atoms with E-state index in [1.807, 2.05) is 23.0 Å². The summed E-state index contributed by atoms with van der Waals surface area (Å²) >= 11 is 7.16. The maximum absolute atomic E-state index is 7.16. The summed E-state index contributed by atoms with van der Waals surface area (Å²) in [7, 11) is -4.12. The third-order valence-corrected chi connectivity index (χ3v) is 15.9. The van der Waals surface area contributed by atoms with Gasteiger partial charge in [0.2, 0.25) is 5.44 Å². The highest BCUT2D eigenvalue weighted by atomic mass is 127. The van der Waals surface area contributed by atoms with E-state index >= 15 is 0 Å². The first-order chi connectivity index (χ1) is 20.8. The van der Waals surface area contributed by atoms with Crippen LogP contribution in [-0.4, -0.2) is 35.5 Å². The second-order valence-electron chi connectivity index (χ2n) is 12.1. The first-order valence-corrected chi connectivity index (χ1v) is 22.3. The first kappa shape index (κ1) is 33.1. The summed E-state index contributed by atoms with van der Waals surface area (Å²) in [5.41, 5.74) is 2.89. The van der Waals surface area contributed by atoms with Crippen LogP contribution in [0.4, 0.5) is 0 Å². The number of fused-ring (bicyclic) bond motifs is 1. The molecular weight excluding hydrogens is 732 g/mol. The van der Waals surface area contributed by atoms with Crippen molar-refractivity contribution in [2.45, 2.75) is 32.4 Å². The molecule has 1 aliphatic heterocycles. The monoisotopic (exact) mass is 769 g/mol. The quantitative estimate of drug-likeness (QED) is 0.0700. The van der Waals surface area contributed by atoms with Gasteiger partial charge in [-0.3, -0.25) is 0 Å².